The van der Waals surface area contributed by atoms with Crippen molar-refractivity contribution in [3.8, 4) is 0 Å². The Bertz CT molecular complexity index is 620. The minimum Gasteiger partial charge on any atom is -0.287 e. The van der Waals surface area contributed by atoms with E-state index in [1.807, 2.05) is 13.8 Å². The van der Waals surface area contributed by atoms with Crippen molar-refractivity contribution < 1.29 is 9.59 Å². The van der Waals surface area contributed by atoms with Crippen molar-refractivity contribution in [2.24, 2.45) is 0 Å². The van der Waals surface area contributed by atoms with Crippen molar-refractivity contribution in [1.29, 1.82) is 0 Å². The third-order valence-electron chi connectivity index (χ3n) is 3.10. The molecule has 0 fully saturated rings. The summed E-state index contributed by atoms with van der Waals surface area (Å²) in [6, 6.07) is 3.48. The molecular formula is C12H9N3NaO2. The monoisotopic (exact) mass is 250 g/mol. The Kier molecular flexibility index (Phi) is 3.23. The van der Waals surface area contributed by atoms with Gasteiger partial charge in [-0.3, -0.25) is 9.59 Å². The molecule has 3 rings (SSSR count). The van der Waals surface area contributed by atoms with Crippen molar-refractivity contribution in [2.45, 2.75) is 13.8 Å². The maximum absolute atomic E-state index is 12.1. The molecule has 0 amide bonds. The summed E-state index contributed by atoms with van der Waals surface area (Å²) in [5.41, 5.74) is 3.03. The van der Waals surface area contributed by atoms with Gasteiger partial charge in [0.25, 0.3) is 0 Å². The van der Waals surface area contributed by atoms with Crippen LogP contribution in [0.2, 0.25) is 0 Å². The van der Waals surface area contributed by atoms with E-state index in [1.54, 1.807) is 12.1 Å². The van der Waals surface area contributed by atoms with Crippen LogP contribution in [-0.4, -0.2) is 56.5 Å². The van der Waals surface area contributed by atoms with Gasteiger partial charge in [0.1, 0.15) is 0 Å². The van der Waals surface area contributed by atoms with E-state index in [0.717, 1.165) is 11.1 Å². The molecule has 5 nitrogen and oxygen atoms in total. The van der Waals surface area contributed by atoms with Crippen molar-refractivity contribution >= 4 is 41.1 Å². The van der Waals surface area contributed by atoms with E-state index in [-0.39, 0.29) is 52.5 Å². The molecule has 0 atom stereocenters. The number of carbonyl (C=O) groups is 2. The number of nitrogens with one attached hydrogen (secondary N) is 1. The van der Waals surface area contributed by atoms with Crippen LogP contribution < -0.4 is 0 Å². The van der Waals surface area contributed by atoms with Crippen LogP contribution in [0.15, 0.2) is 12.1 Å². The van der Waals surface area contributed by atoms with Gasteiger partial charge in [0.15, 0.2) is 11.4 Å². The van der Waals surface area contributed by atoms with Crippen LogP contribution in [0.4, 0.5) is 0 Å². The van der Waals surface area contributed by atoms with Gasteiger partial charge in [-0.1, -0.05) is 0 Å². The third kappa shape index (κ3) is 1.67. The zero-order chi connectivity index (χ0) is 12.2. The molecule has 0 aliphatic heterocycles. The van der Waals surface area contributed by atoms with Gasteiger partial charge in [-0.2, -0.15) is 15.4 Å². The number of rotatable bonds is 0. The molecule has 1 radical (unpaired) electrons. The Labute approximate surface area is 125 Å². The minimum atomic E-state index is -0.244. The van der Waals surface area contributed by atoms with E-state index in [4.69, 9.17) is 0 Å². The molecule has 1 heterocycles. The quantitative estimate of drug-likeness (QED) is 0.599. The fraction of sp³-hybridized carbons (Fsp3) is 0.167. The predicted molar refractivity (Wildman–Crippen MR) is 64.9 cm³/mol. The minimum absolute atomic E-state index is 0. The Hall–Kier alpha value is -1.30. The molecule has 0 saturated carbocycles. The van der Waals surface area contributed by atoms with E-state index in [0.29, 0.717) is 11.1 Å². The third-order valence-corrected chi connectivity index (χ3v) is 3.10. The Morgan fingerprint density at radius 1 is 0.889 bits per heavy atom. The number of nitrogens with zero attached hydrogens (tertiary/aromatic N) is 2. The fourth-order valence-corrected chi connectivity index (χ4v) is 1.99. The van der Waals surface area contributed by atoms with E-state index < -0.39 is 0 Å². The molecule has 0 bridgehead atoms. The second-order valence-corrected chi connectivity index (χ2v) is 4.16. The van der Waals surface area contributed by atoms with Crippen LogP contribution in [0.3, 0.4) is 0 Å². The summed E-state index contributed by atoms with van der Waals surface area (Å²) in [5, 5.41) is 9.79. The van der Waals surface area contributed by atoms with Crippen LogP contribution in [0.5, 0.6) is 0 Å². The number of fused-ring (bicyclic) bond motifs is 2. The van der Waals surface area contributed by atoms with Crippen LogP contribution in [0, 0.1) is 13.8 Å². The number of hydrogen-bond acceptors (Lipinski definition) is 4. The average Bonchev–Trinajstić information content (AvgIpc) is 2.78. The number of ketones is 2. The number of benzene rings is 1. The zero-order valence-electron chi connectivity index (χ0n) is 10.4. The Morgan fingerprint density at radius 2 is 1.28 bits per heavy atom. The van der Waals surface area contributed by atoms with Crippen LogP contribution >= 0.6 is 0 Å². The molecule has 0 unspecified atom stereocenters. The largest absolute Gasteiger partial charge is 0.287 e. The van der Waals surface area contributed by atoms with Crippen LogP contribution in [-0.2, 0) is 0 Å². The van der Waals surface area contributed by atoms with Gasteiger partial charge in [-0.05, 0) is 37.1 Å². The second kappa shape index (κ2) is 4.42. The molecule has 6 heteroatoms. The number of aromatic amines is 1. The molecule has 2 aromatic rings. The van der Waals surface area contributed by atoms with Crippen molar-refractivity contribution in [3.05, 3.63) is 45.8 Å². The first-order valence-electron chi connectivity index (χ1n) is 5.21. The van der Waals surface area contributed by atoms with Gasteiger partial charge >= 0.3 is 0 Å². The summed E-state index contributed by atoms with van der Waals surface area (Å²) < 4.78 is 0. The second-order valence-electron chi connectivity index (χ2n) is 4.16. The number of aryl methyl sites for hydroxylation is 2. The molecule has 1 aromatic carbocycles. The predicted octanol–water partition coefficient (Wildman–Crippen LogP) is 0.816. The molecule has 18 heavy (non-hydrogen) atoms. The molecular weight excluding hydrogens is 241 g/mol. The fourth-order valence-electron chi connectivity index (χ4n) is 1.99. The summed E-state index contributed by atoms with van der Waals surface area (Å²) in [6.45, 7) is 3.82. The van der Waals surface area contributed by atoms with E-state index >= 15 is 0 Å². The average molecular weight is 250 g/mol. The number of aromatic nitrogens is 3. The molecule has 1 aliphatic carbocycles. The number of H-pyrrole nitrogens is 1. The zero-order valence-corrected chi connectivity index (χ0v) is 12.4. The first-order valence-corrected chi connectivity index (χ1v) is 5.21. The summed E-state index contributed by atoms with van der Waals surface area (Å²) in [6.07, 6.45) is 0. The summed E-state index contributed by atoms with van der Waals surface area (Å²) in [4.78, 5) is 24.2. The van der Waals surface area contributed by atoms with Crippen molar-refractivity contribution in [1.82, 2.24) is 15.4 Å². The molecule has 85 valence electrons. The van der Waals surface area contributed by atoms with Gasteiger partial charge in [0.05, 0.1) is 0 Å². The maximum Gasteiger partial charge on any atom is 0.216 e. The van der Waals surface area contributed by atoms with E-state index in [1.165, 1.54) is 0 Å². The summed E-state index contributed by atoms with van der Waals surface area (Å²) >= 11 is 0. The normalized spacial score (nSPS) is 12.8. The van der Waals surface area contributed by atoms with Crippen molar-refractivity contribution in [3.63, 3.8) is 0 Å². The summed E-state index contributed by atoms with van der Waals surface area (Å²) in [7, 11) is 0. The van der Waals surface area contributed by atoms with Gasteiger partial charge in [-0.15, -0.1) is 0 Å². The van der Waals surface area contributed by atoms with Crippen molar-refractivity contribution in [2.75, 3.05) is 0 Å². The smallest absolute Gasteiger partial charge is 0.216 e. The van der Waals surface area contributed by atoms with Gasteiger partial charge in [0, 0.05) is 40.7 Å². The van der Waals surface area contributed by atoms with E-state index in [2.05, 4.69) is 15.4 Å². The van der Waals surface area contributed by atoms with Gasteiger partial charge in [0.2, 0.25) is 11.6 Å². The molecule has 1 aromatic heterocycles. The first-order chi connectivity index (χ1) is 8.09. The molecule has 0 spiro atoms. The topological polar surface area (TPSA) is 75.7 Å². The summed E-state index contributed by atoms with van der Waals surface area (Å²) in [5.74, 6) is -0.488. The molecule has 0 saturated heterocycles. The van der Waals surface area contributed by atoms with Gasteiger partial charge < -0.3 is 0 Å². The number of hydrogen-bond donors (Lipinski definition) is 1. The van der Waals surface area contributed by atoms with Crippen LogP contribution in [0.25, 0.3) is 0 Å². The van der Waals surface area contributed by atoms with Crippen LogP contribution in [0.1, 0.15) is 43.2 Å². The standard InChI is InChI=1S/C12H9N3O2.Na/c1-5-3-7-8(4-6(5)2)12(17)10-9(11(7)16)13-15-14-10;/h3-4H,1-2H3,(H,13,14,15);. The van der Waals surface area contributed by atoms with E-state index in [9.17, 15) is 9.59 Å². The number of carbonyl (C=O) groups excluding carboxylic acids is 2. The molecule has 1 N–H and O–H groups in total. The maximum atomic E-state index is 12.1. The molecule has 1 aliphatic rings. The Balaban J connectivity index is 0.00000120. The first kappa shape index (κ1) is 13.1. The Morgan fingerprint density at radius 3 is 1.67 bits per heavy atom. The van der Waals surface area contributed by atoms with Gasteiger partial charge in [-0.25, -0.2) is 0 Å². The SMILES string of the molecule is Cc1cc2c(cc1C)C(=O)c1n[nH]nc1C2=O.[Na].